The highest BCUT2D eigenvalue weighted by Crippen LogP contribution is 2.34. The van der Waals surface area contributed by atoms with Crippen LogP contribution in [-0.2, 0) is 17.8 Å². The number of aryl methyl sites for hydroxylation is 1. The predicted molar refractivity (Wildman–Crippen MR) is 101 cm³/mol. The van der Waals surface area contributed by atoms with E-state index >= 15 is 0 Å². The van der Waals surface area contributed by atoms with E-state index in [9.17, 15) is 4.79 Å². The third-order valence-electron chi connectivity index (χ3n) is 5.86. The Hall–Kier alpha value is -2.17. The number of nitrogens with zero attached hydrogens (tertiary/aromatic N) is 4. The highest BCUT2D eigenvalue weighted by Gasteiger charge is 2.34. The van der Waals surface area contributed by atoms with E-state index in [1.54, 1.807) is 0 Å². The molecule has 138 valence electrons. The highest BCUT2D eigenvalue weighted by atomic mass is 16.2. The zero-order chi connectivity index (χ0) is 17.9. The summed E-state index contributed by atoms with van der Waals surface area (Å²) in [7, 11) is 0. The molecule has 0 aliphatic carbocycles. The maximum atomic E-state index is 13.0. The molecule has 5 heteroatoms. The number of hydrogen-bond donors (Lipinski definition) is 0. The molecule has 0 saturated carbocycles. The Morgan fingerprint density at radius 1 is 1.12 bits per heavy atom. The molecule has 0 radical (unpaired) electrons. The molecule has 2 aliphatic rings. The topological polar surface area (TPSA) is 51.0 Å². The molecule has 2 unspecified atom stereocenters. The second-order valence-corrected chi connectivity index (χ2v) is 7.70. The number of carbonyl (C=O) groups is 1. The summed E-state index contributed by atoms with van der Waals surface area (Å²) < 4.78 is 2.30. The summed E-state index contributed by atoms with van der Waals surface area (Å²) in [5.41, 5.74) is 1.23. The van der Waals surface area contributed by atoms with Crippen molar-refractivity contribution in [2.24, 2.45) is 0 Å². The van der Waals surface area contributed by atoms with E-state index in [1.807, 2.05) is 18.2 Å². The Kier molecular flexibility index (Phi) is 5.05. The van der Waals surface area contributed by atoms with Gasteiger partial charge in [-0.05, 0) is 37.2 Å². The number of hydrogen-bond acceptors (Lipinski definition) is 3. The summed E-state index contributed by atoms with van der Waals surface area (Å²) >= 11 is 0. The lowest BCUT2D eigenvalue weighted by molar-refractivity contribution is -0.132. The van der Waals surface area contributed by atoms with Crippen molar-refractivity contribution in [1.29, 1.82) is 0 Å². The summed E-state index contributed by atoms with van der Waals surface area (Å²) in [6.45, 7) is 3.98. The average Bonchev–Trinajstić information content (AvgIpc) is 3.23. The van der Waals surface area contributed by atoms with Crippen molar-refractivity contribution in [3.63, 3.8) is 0 Å². The molecule has 1 aromatic carbocycles. The van der Waals surface area contributed by atoms with Gasteiger partial charge >= 0.3 is 0 Å². The van der Waals surface area contributed by atoms with Crippen molar-refractivity contribution in [2.75, 3.05) is 6.54 Å². The Balaban J connectivity index is 1.50. The van der Waals surface area contributed by atoms with Crippen molar-refractivity contribution in [3.05, 3.63) is 47.5 Å². The van der Waals surface area contributed by atoms with Crippen LogP contribution in [0.5, 0.6) is 0 Å². The van der Waals surface area contributed by atoms with Gasteiger partial charge in [0.1, 0.15) is 5.82 Å². The average molecular weight is 352 g/mol. The van der Waals surface area contributed by atoms with Crippen LogP contribution < -0.4 is 0 Å². The number of carbonyl (C=O) groups excluding carboxylic acids is 1. The largest absolute Gasteiger partial charge is 0.332 e. The molecular weight excluding hydrogens is 324 g/mol. The summed E-state index contributed by atoms with van der Waals surface area (Å²) in [5, 5.41) is 8.95. The minimum atomic E-state index is 0.102. The lowest BCUT2D eigenvalue weighted by Gasteiger charge is -2.26. The maximum absolute atomic E-state index is 13.0. The minimum Gasteiger partial charge on any atom is -0.332 e. The van der Waals surface area contributed by atoms with Gasteiger partial charge in [0.2, 0.25) is 5.91 Å². The fourth-order valence-electron chi connectivity index (χ4n) is 4.37. The second-order valence-electron chi connectivity index (χ2n) is 7.70. The third kappa shape index (κ3) is 3.39. The van der Waals surface area contributed by atoms with E-state index in [4.69, 9.17) is 0 Å². The van der Waals surface area contributed by atoms with Gasteiger partial charge in [-0.3, -0.25) is 4.79 Å². The number of likely N-dealkylation sites (tertiary alicyclic amines) is 1. The molecule has 0 N–H and O–H groups in total. The van der Waals surface area contributed by atoms with E-state index in [-0.39, 0.29) is 17.9 Å². The predicted octanol–water partition coefficient (Wildman–Crippen LogP) is 3.86. The normalized spacial score (nSPS) is 21.3. The van der Waals surface area contributed by atoms with Crippen LogP contribution in [0, 0.1) is 0 Å². The fraction of sp³-hybridized carbons (Fsp3) is 0.571. The van der Waals surface area contributed by atoms with Gasteiger partial charge < -0.3 is 9.47 Å². The van der Waals surface area contributed by atoms with Crippen LogP contribution in [0.1, 0.15) is 74.6 Å². The first kappa shape index (κ1) is 17.3. The van der Waals surface area contributed by atoms with Crippen molar-refractivity contribution in [2.45, 2.75) is 70.4 Å². The summed E-state index contributed by atoms with van der Waals surface area (Å²) in [6.07, 6.45) is 7.26. The summed E-state index contributed by atoms with van der Waals surface area (Å²) in [4.78, 5) is 15.1. The lowest BCUT2D eigenvalue weighted by Crippen LogP contribution is -2.32. The Labute approximate surface area is 155 Å². The number of amides is 1. The van der Waals surface area contributed by atoms with Crippen LogP contribution in [0.4, 0.5) is 0 Å². The molecule has 1 amide bonds. The molecule has 3 heterocycles. The van der Waals surface area contributed by atoms with Gasteiger partial charge in [-0.25, -0.2) is 0 Å². The Bertz CT molecular complexity index is 755. The van der Waals surface area contributed by atoms with E-state index < -0.39 is 0 Å². The Morgan fingerprint density at radius 3 is 2.81 bits per heavy atom. The molecule has 2 aromatic rings. The molecule has 1 saturated heterocycles. The first-order valence-electron chi connectivity index (χ1n) is 10.0. The SMILES string of the molecule is CC(CC(=O)N1CCCC1c1nnc2n1CCCCC2)c1ccccc1. The fourth-order valence-corrected chi connectivity index (χ4v) is 4.37. The highest BCUT2D eigenvalue weighted by molar-refractivity contribution is 5.77. The molecule has 4 rings (SSSR count). The number of aromatic nitrogens is 3. The smallest absolute Gasteiger partial charge is 0.223 e. The molecule has 26 heavy (non-hydrogen) atoms. The third-order valence-corrected chi connectivity index (χ3v) is 5.86. The minimum absolute atomic E-state index is 0.102. The van der Waals surface area contributed by atoms with Crippen molar-refractivity contribution < 1.29 is 4.79 Å². The van der Waals surface area contributed by atoms with Gasteiger partial charge in [0.25, 0.3) is 0 Å². The van der Waals surface area contributed by atoms with E-state index in [0.717, 1.165) is 44.0 Å². The van der Waals surface area contributed by atoms with E-state index in [2.05, 4.69) is 38.7 Å². The number of fused-ring (bicyclic) bond motifs is 1. The molecule has 2 aliphatic heterocycles. The molecule has 1 fully saturated rings. The van der Waals surface area contributed by atoms with E-state index in [0.29, 0.717) is 6.42 Å². The Morgan fingerprint density at radius 2 is 1.96 bits per heavy atom. The van der Waals surface area contributed by atoms with Crippen LogP contribution in [-0.4, -0.2) is 32.1 Å². The molecule has 1 aromatic heterocycles. The standard InChI is InChI=1S/C21H28N4O/c1-16(17-9-4-2-5-10-17)15-20(26)24-14-8-11-18(24)21-23-22-19-12-6-3-7-13-25(19)21/h2,4-5,9-10,16,18H,3,6-8,11-15H2,1H3. The van der Waals surface area contributed by atoms with Crippen LogP contribution >= 0.6 is 0 Å². The monoisotopic (exact) mass is 352 g/mol. The molecular formula is C21H28N4O. The van der Waals surface area contributed by atoms with Gasteiger partial charge in [-0.1, -0.05) is 43.7 Å². The van der Waals surface area contributed by atoms with Gasteiger partial charge in [0, 0.05) is 25.9 Å². The number of rotatable bonds is 4. The van der Waals surface area contributed by atoms with Crippen molar-refractivity contribution in [1.82, 2.24) is 19.7 Å². The van der Waals surface area contributed by atoms with Crippen LogP contribution in [0.25, 0.3) is 0 Å². The summed E-state index contributed by atoms with van der Waals surface area (Å²) in [6, 6.07) is 10.4. The van der Waals surface area contributed by atoms with Crippen LogP contribution in [0.15, 0.2) is 30.3 Å². The van der Waals surface area contributed by atoms with Gasteiger partial charge in [-0.15, -0.1) is 10.2 Å². The van der Waals surface area contributed by atoms with E-state index in [1.165, 1.54) is 24.8 Å². The second kappa shape index (κ2) is 7.60. The first-order chi connectivity index (χ1) is 12.7. The zero-order valence-electron chi connectivity index (χ0n) is 15.6. The quantitative estimate of drug-likeness (QED) is 0.839. The van der Waals surface area contributed by atoms with Crippen molar-refractivity contribution >= 4 is 5.91 Å². The first-order valence-corrected chi connectivity index (χ1v) is 10.0. The van der Waals surface area contributed by atoms with Gasteiger partial charge in [0.05, 0.1) is 6.04 Å². The summed E-state index contributed by atoms with van der Waals surface area (Å²) in [5.74, 6) is 2.60. The van der Waals surface area contributed by atoms with Crippen molar-refractivity contribution in [3.8, 4) is 0 Å². The maximum Gasteiger partial charge on any atom is 0.223 e. The molecule has 2 atom stereocenters. The van der Waals surface area contributed by atoms with Gasteiger partial charge in [-0.2, -0.15) is 0 Å². The van der Waals surface area contributed by atoms with Crippen LogP contribution in [0.3, 0.4) is 0 Å². The molecule has 5 nitrogen and oxygen atoms in total. The van der Waals surface area contributed by atoms with Gasteiger partial charge in [0.15, 0.2) is 5.82 Å². The lowest BCUT2D eigenvalue weighted by atomic mass is 9.97. The van der Waals surface area contributed by atoms with Crippen LogP contribution in [0.2, 0.25) is 0 Å². The zero-order valence-corrected chi connectivity index (χ0v) is 15.6. The molecule has 0 bridgehead atoms. The molecule has 0 spiro atoms. The number of benzene rings is 1.